The monoisotopic (exact) mass is 303 g/mol. The van der Waals surface area contributed by atoms with E-state index in [0.717, 1.165) is 15.8 Å². The molecule has 1 fully saturated rings. The fourth-order valence-corrected chi connectivity index (χ4v) is 3.22. The highest BCUT2D eigenvalue weighted by molar-refractivity contribution is 9.10. The van der Waals surface area contributed by atoms with E-state index in [2.05, 4.69) is 21.2 Å². The molecule has 16 heavy (non-hydrogen) atoms. The molecule has 0 spiro atoms. The zero-order valence-electron chi connectivity index (χ0n) is 9.25. The van der Waals surface area contributed by atoms with E-state index >= 15 is 0 Å². The Morgan fingerprint density at radius 2 is 2.50 bits per heavy atom. The number of amides is 1. The van der Waals surface area contributed by atoms with Crippen LogP contribution in [0.2, 0.25) is 0 Å². The molecule has 0 bridgehead atoms. The first-order valence-corrected chi connectivity index (χ1v) is 6.87. The van der Waals surface area contributed by atoms with Crippen LogP contribution in [-0.4, -0.2) is 24.2 Å². The van der Waals surface area contributed by atoms with E-state index in [9.17, 15) is 4.79 Å². The number of hydrogen-bond donors (Lipinski definition) is 1. The van der Waals surface area contributed by atoms with Gasteiger partial charge in [0.2, 0.25) is 0 Å². The van der Waals surface area contributed by atoms with E-state index in [-0.39, 0.29) is 17.6 Å². The van der Waals surface area contributed by atoms with Crippen LogP contribution in [0.4, 0.5) is 0 Å². The molecule has 1 saturated heterocycles. The molecule has 1 aliphatic rings. The van der Waals surface area contributed by atoms with Gasteiger partial charge in [-0.1, -0.05) is 0 Å². The first kappa shape index (κ1) is 12.1. The maximum absolute atomic E-state index is 12.0. The molecule has 2 unspecified atom stereocenters. The summed E-state index contributed by atoms with van der Waals surface area (Å²) in [5.74, 6) is -0.0262. The molecule has 2 atom stereocenters. The molecule has 1 aromatic heterocycles. The molecule has 1 aromatic rings. The summed E-state index contributed by atoms with van der Waals surface area (Å²) in [6.07, 6.45) is 0.929. The highest BCUT2D eigenvalue weighted by Gasteiger charge is 2.38. The van der Waals surface area contributed by atoms with Gasteiger partial charge in [0.25, 0.3) is 5.91 Å². The van der Waals surface area contributed by atoms with Crippen molar-refractivity contribution in [2.45, 2.75) is 31.9 Å². The van der Waals surface area contributed by atoms with Gasteiger partial charge < -0.3 is 10.1 Å². The van der Waals surface area contributed by atoms with E-state index in [1.165, 1.54) is 11.3 Å². The average Bonchev–Trinajstić information content (AvgIpc) is 2.75. The van der Waals surface area contributed by atoms with Gasteiger partial charge in [0, 0.05) is 11.1 Å². The molecule has 0 radical (unpaired) electrons. The fourth-order valence-electron chi connectivity index (χ4n) is 1.77. The predicted molar refractivity (Wildman–Crippen MR) is 67.9 cm³/mol. The van der Waals surface area contributed by atoms with Crippen molar-refractivity contribution in [3.05, 3.63) is 20.8 Å². The predicted octanol–water partition coefficient (Wildman–Crippen LogP) is 2.81. The fraction of sp³-hybridized carbons (Fsp3) is 0.545. The molecule has 0 aliphatic carbocycles. The standard InChI is InChI=1S/C11H14BrNO2S/c1-7-11(2,4-5-15-7)13-10(14)9-8(12)3-6-16-9/h3,6-7H,4-5H2,1-2H3,(H,13,14). The summed E-state index contributed by atoms with van der Waals surface area (Å²) in [5.41, 5.74) is -0.249. The Bertz CT molecular complexity index is 406. The second-order valence-corrected chi connectivity index (χ2v) is 6.00. The molecule has 2 rings (SSSR count). The van der Waals surface area contributed by atoms with Crippen LogP contribution in [0, 0.1) is 0 Å². The average molecular weight is 304 g/mol. The molecule has 0 saturated carbocycles. The van der Waals surface area contributed by atoms with Crippen LogP contribution in [0.3, 0.4) is 0 Å². The minimum absolute atomic E-state index is 0.0262. The third-order valence-electron chi connectivity index (χ3n) is 3.11. The van der Waals surface area contributed by atoms with Gasteiger partial charge in [-0.2, -0.15) is 0 Å². The Hall–Kier alpha value is -0.390. The second kappa shape index (κ2) is 4.47. The van der Waals surface area contributed by atoms with Crippen molar-refractivity contribution in [1.82, 2.24) is 5.32 Å². The van der Waals surface area contributed by atoms with Crippen molar-refractivity contribution in [1.29, 1.82) is 0 Å². The van der Waals surface area contributed by atoms with Crippen LogP contribution in [-0.2, 0) is 4.74 Å². The normalized spacial score (nSPS) is 29.3. The van der Waals surface area contributed by atoms with Crippen LogP contribution in [0.5, 0.6) is 0 Å². The Morgan fingerprint density at radius 1 is 1.75 bits per heavy atom. The lowest BCUT2D eigenvalue weighted by atomic mass is 9.94. The quantitative estimate of drug-likeness (QED) is 0.912. The number of halogens is 1. The van der Waals surface area contributed by atoms with Gasteiger partial charge in [-0.3, -0.25) is 4.79 Å². The maximum atomic E-state index is 12.0. The first-order chi connectivity index (χ1) is 7.53. The zero-order chi connectivity index (χ0) is 11.8. The largest absolute Gasteiger partial charge is 0.376 e. The summed E-state index contributed by atoms with van der Waals surface area (Å²) in [7, 11) is 0. The van der Waals surface area contributed by atoms with Crippen LogP contribution in [0.15, 0.2) is 15.9 Å². The van der Waals surface area contributed by atoms with Crippen molar-refractivity contribution in [2.75, 3.05) is 6.61 Å². The molecule has 1 aliphatic heterocycles. The SMILES string of the molecule is CC1OCCC1(C)NC(=O)c1sccc1Br. The zero-order valence-corrected chi connectivity index (χ0v) is 11.7. The summed E-state index contributed by atoms with van der Waals surface area (Å²) >= 11 is 4.81. The Labute approximate surface area is 107 Å². The summed E-state index contributed by atoms with van der Waals surface area (Å²) in [5, 5.41) is 4.96. The summed E-state index contributed by atoms with van der Waals surface area (Å²) in [6, 6.07) is 1.89. The van der Waals surface area contributed by atoms with Gasteiger partial charge >= 0.3 is 0 Å². The third-order valence-corrected chi connectivity index (χ3v) is 4.95. The van der Waals surface area contributed by atoms with Crippen molar-refractivity contribution in [2.24, 2.45) is 0 Å². The molecular weight excluding hydrogens is 290 g/mol. The molecule has 2 heterocycles. The second-order valence-electron chi connectivity index (χ2n) is 4.23. The van der Waals surface area contributed by atoms with E-state index in [1.54, 1.807) is 0 Å². The van der Waals surface area contributed by atoms with Gasteiger partial charge in [0.05, 0.1) is 11.6 Å². The van der Waals surface area contributed by atoms with Crippen molar-refractivity contribution in [3.63, 3.8) is 0 Å². The van der Waals surface area contributed by atoms with Gasteiger partial charge in [-0.05, 0) is 47.6 Å². The van der Waals surface area contributed by atoms with E-state index < -0.39 is 0 Å². The minimum Gasteiger partial charge on any atom is -0.376 e. The minimum atomic E-state index is -0.249. The topological polar surface area (TPSA) is 38.3 Å². The molecule has 0 aromatic carbocycles. The van der Waals surface area contributed by atoms with E-state index in [0.29, 0.717) is 6.61 Å². The van der Waals surface area contributed by atoms with Crippen LogP contribution >= 0.6 is 27.3 Å². The smallest absolute Gasteiger partial charge is 0.263 e. The lowest BCUT2D eigenvalue weighted by Gasteiger charge is -2.28. The highest BCUT2D eigenvalue weighted by Crippen LogP contribution is 2.28. The molecule has 88 valence electrons. The number of carbonyl (C=O) groups excluding carboxylic acids is 1. The molecular formula is C11H14BrNO2S. The van der Waals surface area contributed by atoms with Crippen molar-refractivity contribution in [3.8, 4) is 0 Å². The summed E-state index contributed by atoms with van der Waals surface area (Å²) in [4.78, 5) is 12.8. The van der Waals surface area contributed by atoms with Crippen molar-refractivity contribution < 1.29 is 9.53 Å². The Balaban J connectivity index is 2.11. The number of hydrogen-bond acceptors (Lipinski definition) is 3. The Kier molecular flexibility index (Phi) is 3.37. The molecule has 1 N–H and O–H groups in total. The molecule has 3 nitrogen and oxygen atoms in total. The van der Waals surface area contributed by atoms with Gasteiger partial charge in [-0.15, -0.1) is 11.3 Å². The van der Waals surface area contributed by atoms with Crippen LogP contribution in [0.1, 0.15) is 29.9 Å². The summed E-state index contributed by atoms with van der Waals surface area (Å²) in [6.45, 7) is 4.74. The third kappa shape index (κ3) is 2.17. The van der Waals surface area contributed by atoms with Crippen LogP contribution < -0.4 is 5.32 Å². The highest BCUT2D eigenvalue weighted by atomic mass is 79.9. The number of rotatable bonds is 2. The van der Waals surface area contributed by atoms with Gasteiger partial charge in [0.15, 0.2) is 0 Å². The number of thiophene rings is 1. The maximum Gasteiger partial charge on any atom is 0.263 e. The lowest BCUT2D eigenvalue weighted by Crippen LogP contribution is -2.50. The molecule has 5 heteroatoms. The number of ether oxygens (including phenoxy) is 1. The summed E-state index contributed by atoms with van der Waals surface area (Å²) < 4.78 is 6.35. The number of carbonyl (C=O) groups is 1. The lowest BCUT2D eigenvalue weighted by molar-refractivity contribution is 0.0729. The number of nitrogens with one attached hydrogen (secondary N) is 1. The van der Waals surface area contributed by atoms with Gasteiger partial charge in [-0.25, -0.2) is 0 Å². The van der Waals surface area contributed by atoms with Gasteiger partial charge in [0.1, 0.15) is 4.88 Å². The van der Waals surface area contributed by atoms with E-state index in [4.69, 9.17) is 4.74 Å². The van der Waals surface area contributed by atoms with Crippen LogP contribution in [0.25, 0.3) is 0 Å². The van der Waals surface area contributed by atoms with E-state index in [1.807, 2.05) is 25.3 Å². The Morgan fingerprint density at radius 3 is 3.00 bits per heavy atom. The van der Waals surface area contributed by atoms with Crippen molar-refractivity contribution >= 4 is 33.2 Å². The first-order valence-electron chi connectivity index (χ1n) is 5.20. The molecule has 1 amide bonds.